The van der Waals surface area contributed by atoms with Crippen LogP contribution in [0.25, 0.3) is 11.4 Å². The Labute approximate surface area is 137 Å². The number of hydrogen-bond acceptors (Lipinski definition) is 4. The number of ether oxygens (including phenoxy) is 1. The third-order valence-electron chi connectivity index (χ3n) is 2.83. The number of halogens is 5. The molecule has 0 aliphatic carbocycles. The first kappa shape index (κ1) is 16.3. The summed E-state index contributed by atoms with van der Waals surface area (Å²) in [5, 5.41) is 3.43. The molecule has 1 aromatic heterocycles. The van der Waals surface area contributed by atoms with Gasteiger partial charge in [0.1, 0.15) is 17.3 Å². The van der Waals surface area contributed by atoms with Gasteiger partial charge < -0.3 is 9.26 Å². The van der Waals surface area contributed by atoms with E-state index in [1.807, 2.05) is 0 Å². The largest absolute Gasteiger partial charge is 0.471 e. The second-order valence-corrected chi connectivity index (χ2v) is 5.09. The Hall–Kier alpha value is -2.61. The van der Waals surface area contributed by atoms with Crippen LogP contribution in [-0.2, 0) is 6.18 Å². The molecule has 24 heavy (non-hydrogen) atoms. The Bertz CT molecular complexity index is 860. The van der Waals surface area contributed by atoms with Gasteiger partial charge in [0.15, 0.2) is 0 Å². The van der Waals surface area contributed by atoms with Gasteiger partial charge in [0, 0.05) is 16.7 Å². The second-order valence-electron chi connectivity index (χ2n) is 4.66. The summed E-state index contributed by atoms with van der Waals surface area (Å²) < 4.78 is 60.4. The Morgan fingerprint density at radius 3 is 2.50 bits per heavy atom. The summed E-state index contributed by atoms with van der Waals surface area (Å²) in [6, 6.07) is 9.56. The topological polar surface area (TPSA) is 48.2 Å². The van der Waals surface area contributed by atoms with E-state index in [4.69, 9.17) is 16.3 Å². The highest BCUT2D eigenvalue weighted by atomic mass is 35.5. The van der Waals surface area contributed by atoms with E-state index >= 15 is 0 Å². The summed E-state index contributed by atoms with van der Waals surface area (Å²) in [4.78, 5) is 3.29. The highest BCUT2D eigenvalue weighted by Gasteiger charge is 2.38. The zero-order valence-corrected chi connectivity index (χ0v) is 12.4. The summed E-state index contributed by atoms with van der Waals surface area (Å²) in [5.74, 6) is -1.89. The summed E-state index contributed by atoms with van der Waals surface area (Å²) in [6.45, 7) is 0. The fraction of sp³-hybridized carbons (Fsp3) is 0.0667. The maximum atomic E-state index is 13.3. The molecule has 4 nitrogen and oxygen atoms in total. The van der Waals surface area contributed by atoms with Gasteiger partial charge in [-0.3, -0.25) is 0 Å². The maximum absolute atomic E-state index is 13.3. The van der Waals surface area contributed by atoms with Crippen LogP contribution in [0, 0.1) is 5.82 Å². The maximum Gasteiger partial charge on any atom is 0.471 e. The number of nitrogens with zero attached hydrogens (tertiary/aromatic N) is 2. The van der Waals surface area contributed by atoms with Crippen molar-refractivity contribution >= 4 is 11.6 Å². The molecule has 0 spiro atoms. The average Bonchev–Trinajstić information content (AvgIpc) is 2.96. The van der Waals surface area contributed by atoms with Crippen molar-refractivity contribution in [1.29, 1.82) is 0 Å². The molecule has 0 aliphatic heterocycles. The fourth-order valence-electron chi connectivity index (χ4n) is 1.88. The summed E-state index contributed by atoms with van der Waals surface area (Å²) in [6.07, 6.45) is -4.72. The van der Waals surface area contributed by atoms with Gasteiger partial charge in [0.25, 0.3) is 0 Å². The van der Waals surface area contributed by atoms with E-state index in [0.717, 1.165) is 12.1 Å². The molecule has 2 aromatic carbocycles. The summed E-state index contributed by atoms with van der Waals surface area (Å²) >= 11 is 5.73. The van der Waals surface area contributed by atoms with Crippen molar-refractivity contribution < 1.29 is 26.8 Å². The fourth-order valence-corrected chi connectivity index (χ4v) is 2.09. The van der Waals surface area contributed by atoms with Crippen molar-refractivity contribution in [3.63, 3.8) is 0 Å². The molecule has 3 aromatic rings. The third-order valence-corrected chi connectivity index (χ3v) is 3.05. The molecule has 124 valence electrons. The second kappa shape index (κ2) is 6.12. The smallest absolute Gasteiger partial charge is 0.457 e. The molecule has 0 N–H and O–H groups in total. The van der Waals surface area contributed by atoms with E-state index in [9.17, 15) is 17.6 Å². The molecule has 1 heterocycles. The van der Waals surface area contributed by atoms with Gasteiger partial charge in [0.2, 0.25) is 5.82 Å². The Balaban J connectivity index is 1.88. The van der Waals surface area contributed by atoms with Gasteiger partial charge in [-0.25, -0.2) is 4.39 Å². The van der Waals surface area contributed by atoms with Crippen molar-refractivity contribution in [2.45, 2.75) is 6.18 Å². The molecule has 0 atom stereocenters. The standard InChI is InChI=1S/C15H7ClF4N2O2/c16-9-5-10(17)7-12(6-9)23-11-3-1-2-8(4-11)13-21-14(24-22-13)15(18,19)20/h1-7H. The quantitative estimate of drug-likeness (QED) is 0.593. The number of rotatable bonds is 3. The van der Waals surface area contributed by atoms with Crippen molar-refractivity contribution in [3.05, 3.63) is 59.2 Å². The summed E-state index contributed by atoms with van der Waals surface area (Å²) in [7, 11) is 0. The minimum atomic E-state index is -4.72. The van der Waals surface area contributed by atoms with Crippen molar-refractivity contribution in [2.24, 2.45) is 0 Å². The first-order valence-corrected chi connectivity index (χ1v) is 6.84. The predicted octanol–water partition coefficient (Wildman–Crippen LogP) is 5.34. The highest BCUT2D eigenvalue weighted by Crippen LogP contribution is 2.31. The van der Waals surface area contributed by atoms with Crippen LogP contribution in [0.3, 0.4) is 0 Å². The van der Waals surface area contributed by atoms with E-state index in [-0.39, 0.29) is 27.9 Å². The lowest BCUT2D eigenvalue weighted by Gasteiger charge is -2.07. The summed E-state index contributed by atoms with van der Waals surface area (Å²) in [5.41, 5.74) is 0.245. The van der Waals surface area contributed by atoms with Crippen molar-refractivity contribution in [3.8, 4) is 22.9 Å². The molecule has 0 bridgehead atoms. The molecule has 0 saturated carbocycles. The zero-order chi connectivity index (χ0) is 17.3. The van der Waals surface area contributed by atoms with Crippen LogP contribution in [0.4, 0.5) is 17.6 Å². The molecule has 9 heteroatoms. The Morgan fingerprint density at radius 1 is 1.04 bits per heavy atom. The molecule has 0 fully saturated rings. The highest BCUT2D eigenvalue weighted by molar-refractivity contribution is 6.30. The van der Waals surface area contributed by atoms with Crippen molar-refractivity contribution in [1.82, 2.24) is 10.1 Å². The first-order chi connectivity index (χ1) is 11.3. The monoisotopic (exact) mass is 358 g/mol. The lowest BCUT2D eigenvalue weighted by atomic mass is 10.2. The van der Waals surface area contributed by atoms with Gasteiger partial charge in [-0.2, -0.15) is 18.2 Å². The molecule has 0 amide bonds. The van der Waals surface area contributed by atoms with Crippen LogP contribution in [0.5, 0.6) is 11.5 Å². The van der Waals surface area contributed by atoms with E-state index in [0.29, 0.717) is 0 Å². The van der Waals surface area contributed by atoms with Gasteiger partial charge in [-0.1, -0.05) is 28.9 Å². The van der Waals surface area contributed by atoms with Crippen LogP contribution < -0.4 is 4.74 Å². The Morgan fingerprint density at radius 2 is 1.83 bits per heavy atom. The normalized spacial score (nSPS) is 11.5. The molecular formula is C15H7ClF4N2O2. The van der Waals surface area contributed by atoms with E-state index < -0.39 is 17.9 Å². The van der Waals surface area contributed by atoms with Gasteiger partial charge in [-0.05, 0) is 24.3 Å². The van der Waals surface area contributed by atoms with E-state index in [2.05, 4.69) is 14.7 Å². The van der Waals surface area contributed by atoms with Crippen LogP contribution in [0.1, 0.15) is 5.89 Å². The Kier molecular flexibility index (Phi) is 4.15. The van der Waals surface area contributed by atoms with Crippen LogP contribution in [0.2, 0.25) is 5.02 Å². The number of aromatic nitrogens is 2. The van der Waals surface area contributed by atoms with Gasteiger partial charge in [-0.15, -0.1) is 0 Å². The lowest BCUT2D eigenvalue weighted by Crippen LogP contribution is -2.04. The number of benzene rings is 2. The number of alkyl halides is 3. The van der Waals surface area contributed by atoms with Crippen LogP contribution in [-0.4, -0.2) is 10.1 Å². The molecule has 0 saturated heterocycles. The zero-order valence-electron chi connectivity index (χ0n) is 11.6. The molecule has 3 rings (SSSR count). The lowest BCUT2D eigenvalue weighted by molar-refractivity contribution is -0.159. The first-order valence-electron chi connectivity index (χ1n) is 6.46. The molecular weight excluding hydrogens is 352 g/mol. The molecule has 0 unspecified atom stereocenters. The van der Waals surface area contributed by atoms with Gasteiger partial charge >= 0.3 is 12.1 Å². The van der Waals surface area contributed by atoms with E-state index in [1.165, 1.54) is 30.3 Å². The van der Waals surface area contributed by atoms with E-state index in [1.54, 1.807) is 0 Å². The SMILES string of the molecule is Fc1cc(Cl)cc(Oc2cccc(-c3noc(C(F)(F)F)n3)c2)c1. The average molecular weight is 359 g/mol. The van der Waals surface area contributed by atoms with Crippen molar-refractivity contribution in [2.75, 3.05) is 0 Å². The number of hydrogen-bond donors (Lipinski definition) is 0. The van der Waals surface area contributed by atoms with Gasteiger partial charge in [0.05, 0.1) is 0 Å². The molecule has 0 radical (unpaired) electrons. The van der Waals surface area contributed by atoms with Crippen LogP contribution >= 0.6 is 11.6 Å². The van der Waals surface area contributed by atoms with Crippen LogP contribution in [0.15, 0.2) is 47.0 Å². The minimum Gasteiger partial charge on any atom is -0.457 e. The minimum absolute atomic E-state index is 0.140. The molecule has 0 aliphatic rings. The predicted molar refractivity (Wildman–Crippen MR) is 76.2 cm³/mol. The third kappa shape index (κ3) is 3.65.